The molecule has 0 radical (unpaired) electrons. The van der Waals surface area contributed by atoms with Gasteiger partial charge in [0.15, 0.2) is 5.78 Å². The first kappa shape index (κ1) is 13.6. The molecule has 0 heterocycles. The van der Waals surface area contributed by atoms with Crippen molar-refractivity contribution in [1.82, 2.24) is 0 Å². The summed E-state index contributed by atoms with van der Waals surface area (Å²) in [7, 11) is 1.53. The Balaban J connectivity index is 2.22. The summed E-state index contributed by atoms with van der Waals surface area (Å²) in [6.45, 7) is 0. The Hall–Kier alpha value is -1.87. The van der Waals surface area contributed by atoms with Gasteiger partial charge >= 0.3 is 0 Å². The molecule has 0 amide bonds. The van der Waals surface area contributed by atoms with Gasteiger partial charge in [-0.3, -0.25) is 4.79 Å². The van der Waals surface area contributed by atoms with Crippen molar-refractivity contribution in [1.29, 1.82) is 0 Å². The minimum Gasteiger partial charge on any atom is -0.497 e. The molecular formula is C15H12ClFO2. The van der Waals surface area contributed by atoms with Crippen molar-refractivity contribution in [2.24, 2.45) is 0 Å². The van der Waals surface area contributed by atoms with Crippen molar-refractivity contribution < 1.29 is 13.9 Å². The molecule has 0 atom stereocenters. The third-order valence-corrected chi connectivity index (χ3v) is 3.12. The molecule has 0 saturated carbocycles. The van der Waals surface area contributed by atoms with Crippen LogP contribution in [0.1, 0.15) is 15.9 Å². The van der Waals surface area contributed by atoms with Crippen molar-refractivity contribution >= 4 is 17.4 Å². The van der Waals surface area contributed by atoms with E-state index in [0.29, 0.717) is 21.9 Å². The number of rotatable bonds is 4. The van der Waals surface area contributed by atoms with Crippen molar-refractivity contribution in [2.75, 3.05) is 7.11 Å². The van der Waals surface area contributed by atoms with Crippen LogP contribution in [0, 0.1) is 5.82 Å². The highest BCUT2D eigenvalue weighted by Gasteiger charge is 2.11. The van der Waals surface area contributed by atoms with E-state index in [1.54, 1.807) is 24.3 Å². The van der Waals surface area contributed by atoms with Gasteiger partial charge in [-0.2, -0.15) is 0 Å². The fourth-order valence-corrected chi connectivity index (χ4v) is 1.93. The molecule has 2 aromatic rings. The molecule has 0 N–H and O–H groups in total. The number of carbonyl (C=O) groups is 1. The third kappa shape index (κ3) is 3.32. The summed E-state index contributed by atoms with van der Waals surface area (Å²) in [5, 5.41) is 0.387. The smallest absolute Gasteiger partial charge is 0.167 e. The van der Waals surface area contributed by atoms with Crippen LogP contribution in [0.4, 0.5) is 4.39 Å². The number of halogens is 2. The van der Waals surface area contributed by atoms with Crippen molar-refractivity contribution in [2.45, 2.75) is 6.42 Å². The van der Waals surface area contributed by atoms with Gasteiger partial charge in [-0.05, 0) is 35.9 Å². The van der Waals surface area contributed by atoms with E-state index in [1.807, 2.05) is 0 Å². The number of ether oxygens (including phenoxy) is 1. The Morgan fingerprint density at radius 1 is 1.26 bits per heavy atom. The number of benzene rings is 2. The molecular weight excluding hydrogens is 267 g/mol. The van der Waals surface area contributed by atoms with Crippen molar-refractivity contribution in [3.05, 3.63) is 64.4 Å². The van der Waals surface area contributed by atoms with Crippen LogP contribution in [0.25, 0.3) is 0 Å². The van der Waals surface area contributed by atoms with Crippen LogP contribution < -0.4 is 4.74 Å². The largest absolute Gasteiger partial charge is 0.497 e. The highest BCUT2D eigenvalue weighted by molar-refractivity contribution is 6.31. The number of methoxy groups -OCH3 is 1. The Kier molecular flexibility index (Phi) is 4.17. The van der Waals surface area contributed by atoms with Gasteiger partial charge in [-0.15, -0.1) is 0 Å². The SMILES string of the molecule is COc1cccc(C(=O)Cc2cc(F)ccc2Cl)c1. The number of carbonyl (C=O) groups excluding carboxylic acids is 1. The Labute approximate surface area is 115 Å². The van der Waals surface area contributed by atoms with Crippen molar-refractivity contribution in [3.8, 4) is 5.75 Å². The van der Waals surface area contributed by atoms with Crippen LogP contribution >= 0.6 is 11.6 Å². The molecule has 0 aliphatic heterocycles. The standard InChI is InChI=1S/C15H12ClFO2/c1-19-13-4-2-3-10(8-13)15(18)9-11-7-12(17)5-6-14(11)16/h2-8H,9H2,1H3. The van der Waals surface area contributed by atoms with Gasteiger partial charge in [0.1, 0.15) is 11.6 Å². The lowest BCUT2D eigenvalue weighted by Crippen LogP contribution is -2.04. The molecule has 2 nitrogen and oxygen atoms in total. The first-order valence-electron chi connectivity index (χ1n) is 5.71. The zero-order valence-electron chi connectivity index (χ0n) is 10.3. The Morgan fingerprint density at radius 3 is 2.79 bits per heavy atom. The number of Topliss-reactive ketones (excluding diaryl/α,β-unsaturated/α-hetero) is 1. The number of ketones is 1. The molecule has 0 aliphatic carbocycles. The van der Waals surface area contributed by atoms with Crippen molar-refractivity contribution in [3.63, 3.8) is 0 Å². The zero-order valence-corrected chi connectivity index (χ0v) is 11.1. The molecule has 0 bridgehead atoms. The fourth-order valence-electron chi connectivity index (χ4n) is 1.75. The summed E-state index contributed by atoms with van der Waals surface area (Å²) < 4.78 is 18.2. The normalized spacial score (nSPS) is 10.3. The summed E-state index contributed by atoms with van der Waals surface area (Å²) in [6.07, 6.45) is 0.0593. The van der Waals surface area contributed by atoms with E-state index in [-0.39, 0.29) is 12.2 Å². The highest BCUT2D eigenvalue weighted by Crippen LogP contribution is 2.20. The van der Waals surface area contributed by atoms with Crippen LogP contribution in [0.2, 0.25) is 5.02 Å². The lowest BCUT2D eigenvalue weighted by Gasteiger charge is -2.06. The predicted octanol–water partition coefficient (Wildman–Crippen LogP) is 3.91. The van der Waals surface area contributed by atoms with Gasteiger partial charge < -0.3 is 4.74 Å². The second-order valence-corrected chi connectivity index (χ2v) is 4.47. The second kappa shape index (κ2) is 5.85. The quantitative estimate of drug-likeness (QED) is 0.793. The number of hydrogen-bond donors (Lipinski definition) is 0. The topological polar surface area (TPSA) is 26.3 Å². The molecule has 0 aliphatic rings. The minimum atomic E-state index is -0.405. The maximum absolute atomic E-state index is 13.1. The molecule has 0 spiro atoms. The Bertz CT molecular complexity index is 611. The lowest BCUT2D eigenvalue weighted by molar-refractivity contribution is 0.0992. The molecule has 98 valence electrons. The summed E-state index contributed by atoms with van der Waals surface area (Å²) in [5.41, 5.74) is 0.995. The second-order valence-electron chi connectivity index (χ2n) is 4.07. The van der Waals surface area contributed by atoms with E-state index in [1.165, 1.54) is 25.3 Å². The van der Waals surface area contributed by atoms with Gasteiger partial charge in [-0.1, -0.05) is 23.7 Å². The third-order valence-electron chi connectivity index (χ3n) is 2.75. The van der Waals surface area contributed by atoms with Gasteiger partial charge in [0, 0.05) is 17.0 Å². The molecule has 0 unspecified atom stereocenters. The molecule has 19 heavy (non-hydrogen) atoms. The van der Waals surface area contributed by atoms with Gasteiger partial charge in [0.2, 0.25) is 0 Å². The van der Waals surface area contributed by atoms with Gasteiger partial charge in [0.05, 0.1) is 7.11 Å². The zero-order chi connectivity index (χ0) is 13.8. The highest BCUT2D eigenvalue weighted by atomic mass is 35.5. The average molecular weight is 279 g/mol. The van der Waals surface area contributed by atoms with E-state index in [4.69, 9.17) is 16.3 Å². The van der Waals surface area contributed by atoms with Crippen LogP contribution in [-0.4, -0.2) is 12.9 Å². The van der Waals surface area contributed by atoms with E-state index < -0.39 is 5.82 Å². The van der Waals surface area contributed by atoms with Gasteiger partial charge in [-0.25, -0.2) is 4.39 Å². The van der Waals surface area contributed by atoms with Crippen LogP contribution in [0.3, 0.4) is 0 Å². The predicted molar refractivity (Wildman–Crippen MR) is 72.4 cm³/mol. The maximum atomic E-state index is 13.1. The van der Waals surface area contributed by atoms with E-state index in [2.05, 4.69) is 0 Å². The molecule has 4 heteroatoms. The monoisotopic (exact) mass is 278 g/mol. The van der Waals surface area contributed by atoms with Gasteiger partial charge in [0.25, 0.3) is 0 Å². The Morgan fingerprint density at radius 2 is 2.05 bits per heavy atom. The molecule has 0 saturated heterocycles. The fraction of sp³-hybridized carbons (Fsp3) is 0.133. The van der Waals surface area contributed by atoms with Crippen LogP contribution in [0.15, 0.2) is 42.5 Å². The molecule has 0 aromatic heterocycles. The maximum Gasteiger partial charge on any atom is 0.167 e. The summed E-state index contributed by atoms with van der Waals surface area (Å²) in [4.78, 5) is 12.1. The summed E-state index contributed by atoms with van der Waals surface area (Å²) in [6, 6.07) is 10.8. The lowest BCUT2D eigenvalue weighted by atomic mass is 10.0. The first-order chi connectivity index (χ1) is 9.10. The molecule has 2 aromatic carbocycles. The van der Waals surface area contributed by atoms with Crippen LogP contribution in [0.5, 0.6) is 5.75 Å². The van der Waals surface area contributed by atoms with E-state index in [0.717, 1.165) is 0 Å². The molecule has 0 fully saturated rings. The average Bonchev–Trinajstić information content (AvgIpc) is 2.43. The van der Waals surface area contributed by atoms with E-state index in [9.17, 15) is 9.18 Å². The summed E-state index contributed by atoms with van der Waals surface area (Å²) in [5.74, 6) is 0.0698. The minimum absolute atomic E-state index is 0.0593. The van der Waals surface area contributed by atoms with Crippen LogP contribution in [-0.2, 0) is 6.42 Å². The summed E-state index contributed by atoms with van der Waals surface area (Å²) >= 11 is 5.94. The molecule has 2 rings (SSSR count). The van der Waals surface area contributed by atoms with E-state index >= 15 is 0 Å². The number of hydrogen-bond acceptors (Lipinski definition) is 2. The first-order valence-corrected chi connectivity index (χ1v) is 6.09.